The van der Waals surface area contributed by atoms with Crippen molar-refractivity contribution in [3.8, 4) is 0 Å². The second-order valence-corrected chi connectivity index (χ2v) is 6.62. The van der Waals surface area contributed by atoms with Crippen molar-refractivity contribution in [2.24, 2.45) is 0 Å². The van der Waals surface area contributed by atoms with Gasteiger partial charge in [-0.3, -0.25) is 0 Å². The van der Waals surface area contributed by atoms with E-state index in [2.05, 4.69) is 47.5 Å². The molecule has 1 N–H and O–H groups in total. The van der Waals surface area contributed by atoms with E-state index in [1.807, 2.05) is 30.9 Å². The van der Waals surface area contributed by atoms with Crippen LogP contribution in [0, 0.1) is 20.8 Å². The van der Waals surface area contributed by atoms with Gasteiger partial charge in [-0.05, 0) is 61.7 Å². The minimum atomic E-state index is -0.0103. The molecule has 1 heterocycles. The molecule has 2 aromatic rings. The maximum atomic E-state index is 12.5. The second kappa shape index (κ2) is 6.95. The molecule has 24 heavy (non-hydrogen) atoms. The first-order chi connectivity index (χ1) is 11.5. The summed E-state index contributed by atoms with van der Waals surface area (Å²) in [5.41, 5.74) is 5.70. The van der Waals surface area contributed by atoms with E-state index in [-0.39, 0.29) is 6.03 Å². The molecule has 0 bridgehead atoms. The summed E-state index contributed by atoms with van der Waals surface area (Å²) < 4.78 is 0. The molecule has 0 spiro atoms. The molecule has 0 unspecified atom stereocenters. The highest BCUT2D eigenvalue weighted by Crippen LogP contribution is 2.19. The van der Waals surface area contributed by atoms with Gasteiger partial charge in [-0.25, -0.2) is 4.79 Å². The molecule has 1 aliphatic heterocycles. The molecule has 4 nitrogen and oxygen atoms in total. The fourth-order valence-corrected chi connectivity index (χ4v) is 3.24. The van der Waals surface area contributed by atoms with Crippen molar-refractivity contribution < 1.29 is 4.79 Å². The van der Waals surface area contributed by atoms with Crippen molar-refractivity contribution in [1.29, 1.82) is 0 Å². The lowest BCUT2D eigenvalue weighted by Gasteiger charge is -2.36. The summed E-state index contributed by atoms with van der Waals surface area (Å²) in [4.78, 5) is 16.7. The van der Waals surface area contributed by atoms with Crippen molar-refractivity contribution in [2.75, 3.05) is 36.4 Å². The number of rotatable bonds is 2. The van der Waals surface area contributed by atoms with Crippen molar-refractivity contribution in [2.45, 2.75) is 20.8 Å². The maximum Gasteiger partial charge on any atom is 0.321 e. The van der Waals surface area contributed by atoms with E-state index < -0.39 is 0 Å². The molecule has 4 heteroatoms. The maximum absolute atomic E-state index is 12.5. The average Bonchev–Trinajstić information content (AvgIpc) is 2.54. The number of aryl methyl sites for hydroxylation is 3. The Bertz CT molecular complexity index is 713. The number of nitrogens with zero attached hydrogens (tertiary/aromatic N) is 2. The van der Waals surface area contributed by atoms with Crippen LogP contribution in [0.15, 0.2) is 42.5 Å². The van der Waals surface area contributed by atoms with Crippen LogP contribution in [0.1, 0.15) is 16.7 Å². The molecule has 1 fully saturated rings. The first kappa shape index (κ1) is 16.4. The quantitative estimate of drug-likeness (QED) is 0.908. The Morgan fingerprint density at radius 2 is 1.54 bits per heavy atom. The number of benzene rings is 2. The topological polar surface area (TPSA) is 35.6 Å². The predicted octanol–water partition coefficient (Wildman–Crippen LogP) is 3.97. The third-order valence-corrected chi connectivity index (χ3v) is 4.41. The Morgan fingerprint density at radius 1 is 0.875 bits per heavy atom. The van der Waals surface area contributed by atoms with E-state index in [0.717, 1.165) is 43.0 Å². The number of carbonyl (C=O) groups is 1. The molecule has 0 aliphatic carbocycles. The normalized spacial score (nSPS) is 14.6. The van der Waals surface area contributed by atoms with Crippen LogP contribution < -0.4 is 10.2 Å². The number of piperazine rings is 1. The molecule has 0 atom stereocenters. The molecule has 1 saturated heterocycles. The molecule has 0 aromatic heterocycles. The Kier molecular flexibility index (Phi) is 4.74. The van der Waals surface area contributed by atoms with Gasteiger partial charge in [0.2, 0.25) is 0 Å². The van der Waals surface area contributed by atoms with Gasteiger partial charge in [0, 0.05) is 37.6 Å². The number of urea groups is 1. The molecule has 3 rings (SSSR count). The van der Waals surface area contributed by atoms with Gasteiger partial charge in [0.1, 0.15) is 0 Å². The van der Waals surface area contributed by atoms with E-state index in [0.29, 0.717) is 0 Å². The van der Waals surface area contributed by atoms with Crippen molar-refractivity contribution in [3.05, 3.63) is 59.2 Å². The Hall–Kier alpha value is -2.49. The SMILES string of the molecule is Cc1cc(C)cc(NC(=O)N2CCN(c3cccc(C)c3)CC2)c1. The predicted molar refractivity (Wildman–Crippen MR) is 99.9 cm³/mol. The first-order valence-electron chi connectivity index (χ1n) is 8.47. The van der Waals surface area contributed by atoms with Crippen LogP contribution in [0.5, 0.6) is 0 Å². The molecular formula is C20H25N3O. The summed E-state index contributed by atoms with van der Waals surface area (Å²) >= 11 is 0. The fraction of sp³-hybridized carbons (Fsp3) is 0.350. The van der Waals surface area contributed by atoms with Crippen molar-refractivity contribution in [1.82, 2.24) is 4.90 Å². The molecule has 2 aromatic carbocycles. The molecule has 0 radical (unpaired) electrons. The minimum absolute atomic E-state index is 0.0103. The minimum Gasteiger partial charge on any atom is -0.368 e. The summed E-state index contributed by atoms with van der Waals surface area (Å²) in [7, 11) is 0. The number of hydrogen-bond acceptors (Lipinski definition) is 2. The summed E-state index contributed by atoms with van der Waals surface area (Å²) in [6, 6.07) is 14.6. The average molecular weight is 323 g/mol. The number of amides is 2. The van der Waals surface area contributed by atoms with Gasteiger partial charge >= 0.3 is 6.03 Å². The van der Waals surface area contributed by atoms with Crippen LogP contribution in [0.2, 0.25) is 0 Å². The number of carbonyl (C=O) groups excluding carboxylic acids is 1. The zero-order chi connectivity index (χ0) is 17.1. The summed E-state index contributed by atoms with van der Waals surface area (Å²) in [6.45, 7) is 9.41. The largest absolute Gasteiger partial charge is 0.368 e. The van der Waals surface area contributed by atoms with Gasteiger partial charge in [-0.15, -0.1) is 0 Å². The Morgan fingerprint density at radius 3 is 2.17 bits per heavy atom. The van der Waals surface area contributed by atoms with Crippen LogP contribution in [-0.4, -0.2) is 37.1 Å². The number of nitrogens with one attached hydrogen (secondary N) is 1. The van der Waals surface area contributed by atoms with E-state index >= 15 is 0 Å². The third-order valence-electron chi connectivity index (χ3n) is 4.41. The summed E-state index contributed by atoms with van der Waals surface area (Å²) in [5, 5.41) is 3.03. The summed E-state index contributed by atoms with van der Waals surface area (Å²) in [5.74, 6) is 0. The lowest BCUT2D eigenvalue weighted by atomic mass is 10.1. The highest BCUT2D eigenvalue weighted by molar-refractivity contribution is 5.89. The van der Waals surface area contributed by atoms with E-state index in [9.17, 15) is 4.79 Å². The van der Waals surface area contributed by atoms with E-state index in [1.165, 1.54) is 11.3 Å². The van der Waals surface area contributed by atoms with Gasteiger partial charge in [0.05, 0.1) is 0 Å². The smallest absolute Gasteiger partial charge is 0.321 e. The molecular weight excluding hydrogens is 298 g/mol. The van der Waals surface area contributed by atoms with Gasteiger partial charge < -0.3 is 15.1 Å². The lowest BCUT2D eigenvalue weighted by molar-refractivity contribution is 0.208. The third kappa shape index (κ3) is 3.88. The van der Waals surface area contributed by atoms with Gasteiger partial charge in [-0.2, -0.15) is 0 Å². The van der Waals surface area contributed by atoms with Gasteiger partial charge in [0.25, 0.3) is 0 Å². The number of anilines is 2. The second-order valence-electron chi connectivity index (χ2n) is 6.62. The molecule has 2 amide bonds. The Labute approximate surface area is 144 Å². The zero-order valence-electron chi connectivity index (χ0n) is 14.7. The highest BCUT2D eigenvalue weighted by atomic mass is 16.2. The first-order valence-corrected chi connectivity index (χ1v) is 8.47. The van der Waals surface area contributed by atoms with Gasteiger partial charge in [-0.1, -0.05) is 18.2 Å². The number of hydrogen-bond donors (Lipinski definition) is 1. The monoisotopic (exact) mass is 323 g/mol. The van der Waals surface area contributed by atoms with Crippen LogP contribution in [0.25, 0.3) is 0 Å². The van der Waals surface area contributed by atoms with Crippen molar-refractivity contribution in [3.63, 3.8) is 0 Å². The van der Waals surface area contributed by atoms with Crippen LogP contribution in [0.3, 0.4) is 0 Å². The van der Waals surface area contributed by atoms with Crippen LogP contribution in [0.4, 0.5) is 16.2 Å². The standard InChI is InChI=1S/C20H25N3O/c1-15-5-4-6-19(14-15)22-7-9-23(10-8-22)20(24)21-18-12-16(2)11-17(3)13-18/h4-6,11-14H,7-10H2,1-3H3,(H,21,24). The highest BCUT2D eigenvalue weighted by Gasteiger charge is 2.21. The van der Waals surface area contributed by atoms with Crippen LogP contribution in [-0.2, 0) is 0 Å². The fourth-order valence-electron chi connectivity index (χ4n) is 3.24. The molecule has 1 aliphatic rings. The van der Waals surface area contributed by atoms with Crippen molar-refractivity contribution >= 4 is 17.4 Å². The molecule has 126 valence electrons. The lowest BCUT2D eigenvalue weighted by Crippen LogP contribution is -2.50. The summed E-state index contributed by atoms with van der Waals surface area (Å²) in [6.07, 6.45) is 0. The van der Waals surface area contributed by atoms with E-state index in [4.69, 9.17) is 0 Å². The molecule has 0 saturated carbocycles. The zero-order valence-corrected chi connectivity index (χ0v) is 14.7. The Balaban J connectivity index is 1.59. The van der Waals surface area contributed by atoms with Crippen LogP contribution >= 0.6 is 0 Å². The van der Waals surface area contributed by atoms with Gasteiger partial charge in [0.15, 0.2) is 0 Å². The van der Waals surface area contributed by atoms with E-state index in [1.54, 1.807) is 0 Å².